The van der Waals surface area contributed by atoms with Gasteiger partial charge < -0.3 is 33.1 Å². The molecule has 2 aromatic carbocycles. The minimum atomic E-state index is -3.60. The van der Waals surface area contributed by atoms with E-state index in [1.807, 2.05) is 56.3 Å². The van der Waals surface area contributed by atoms with Gasteiger partial charge in [0, 0.05) is 19.5 Å². The molecule has 2 aromatic rings. The van der Waals surface area contributed by atoms with Crippen molar-refractivity contribution in [2.75, 3.05) is 40.3 Å². The van der Waals surface area contributed by atoms with E-state index >= 15 is 0 Å². The highest BCUT2D eigenvalue weighted by atomic mass is 31.2. The summed E-state index contributed by atoms with van der Waals surface area (Å²) >= 11 is 0. The molecule has 220 valence electrons. The Morgan fingerprint density at radius 2 is 1.60 bits per heavy atom. The lowest BCUT2D eigenvalue weighted by Gasteiger charge is -2.39. The normalized spacial score (nSPS) is 15.0. The van der Waals surface area contributed by atoms with Gasteiger partial charge in [0.2, 0.25) is 0 Å². The first-order valence-corrected chi connectivity index (χ1v) is 15.2. The highest BCUT2D eigenvalue weighted by Crippen LogP contribution is 2.49. The Labute approximate surface area is 237 Å². The second-order valence-electron chi connectivity index (χ2n) is 9.90. The van der Waals surface area contributed by atoms with Crippen molar-refractivity contribution in [3.63, 3.8) is 0 Å². The van der Waals surface area contributed by atoms with Gasteiger partial charge >= 0.3 is 19.6 Å². The second kappa shape index (κ2) is 14.5. The lowest BCUT2D eigenvalue weighted by Crippen LogP contribution is -2.54. The van der Waals surface area contributed by atoms with Crippen LogP contribution < -0.4 is 9.47 Å². The number of ether oxygens (including phenoxy) is 3. The van der Waals surface area contributed by atoms with Crippen LogP contribution in [-0.2, 0) is 42.7 Å². The average Bonchev–Trinajstić information content (AvgIpc) is 2.94. The van der Waals surface area contributed by atoms with Crippen LogP contribution in [0.1, 0.15) is 44.4 Å². The molecule has 1 heterocycles. The number of nitrogens with zero attached hydrogens (tertiary/aromatic N) is 2. The van der Waals surface area contributed by atoms with Crippen LogP contribution in [0.15, 0.2) is 42.5 Å². The summed E-state index contributed by atoms with van der Waals surface area (Å²) < 4.78 is 41.1. The molecule has 0 saturated carbocycles. The molecule has 0 saturated heterocycles. The van der Waals surface area contributed by atoms with E-state index in [9.17, 15) is 14.2 Å². The van der Waals surface area contributed by atoms with E-state index in [1.54, 1.807) is 28.1 Å². The van der Waals surface area contributed by atoms with Crippen LogP contribution >= 0.6 is 7.60 Å². The van der Waals surface area contributed by atoms with Crippen molar-refractivity contribution in [1.29, 1.82) is 0 Å². The number of methoxy groups -OCH3 is 2. The van der Waals surface area contributed by atoms with Crippen molar-refractivity contribution in [3.05, 3.63) is 59.2 Å². The van der Waals surface area contributed by atoms with Crippen LogP contribution in [0, 0.1) is 5.92 Å². The van der Waals surface area contributed by atoms with E-state index in [2.05, 4.69) is 0 Å². The molecule has 1 atom stereocenters. The zero-order valence-electron chi connectivity index (χ0n) is 24.3. The molecule has 0 fully saturated rings. The number of fused-ring (bicyclic) bond motifs is 1. The van der Waals surface area contributed by atoms with Crippen molar-refractivity contribution in [2.45, 2.75) is 53.3 Å². The zero-order chi connectivity index (χ0) is 29.3. The Balaban J connectivity index is 1.97. The minimum Gasteiger partial charge on any atom is -0.493 e. The Morgan fingerprint density at radius 1 is 1.00 bits per heavy atom. The Hall–Kier alpha value is -3.07. The summed E-state index contributed by atoms with van der Waals surface area (Å²) in [5, 5.41) is 0. The standard InChI is InChI=1S/C29H41N2O8P/c1-7-38-40(34,39-8-2)20-30(17-21(3)4)29(33)31-18-24-16-27(36-6)26(35-5)15-23(24)14-25(31)28(32)37-19-22-12-10-9-11-13-22/h9-13,15-16,21,25H,7-8,14,17-20H2,1-6H3. The third-order valence-corrected chi connectivity index (χ3v) is 8.42. The largest absolute Gasteiger partial charge is 0.493 e. The predicted octanol–water partition coefficient (Wildman–Crippen LogP) is 5.48. The Bertz CT molecular complexity index is 1180. The van der Waals surface area contributed by atoms with Crippen LogP contribution in [0.25, 0.3) is 0 Å². The number of benzene rings is 2. The number of hydrogen-bond donors (Lipinski definition) is 0. The van der Waals surface area contributed by atoms with E-state index in [0.717, 1.165) is 16.7 Å². The summed E-state index contributed by atoms with van der Waals surface area (Å²) in [5.41, 5.74) is 2.51. The first-order valence-electron chi connectivity index (χ1n) is 13.5. The molecule has 10 nitrogen and oxygen atoms in total. The van der Waals surface area contributed by atoms with Gasteiger partial charge in [0.25, 0.3) is 0 Å². The number of hydrogen-bond acceptors (Lipinski definition) is 8. The van der Waals surface area contributed by atoms with E-state index in [1.165, 1.54) is 9.80 Å². The third-order valence-electron chi connectivity index (χ3n) is 6.43. The molecule has 1 aliphatic heterocycles. The van der Waals surface area contributed by atoms with Gasteiger partial charge in [0.1, 0.15) is 18.9 Å². The highest BCUT2D eigenvalue weighted by Gasteiger charge is 2.40. The molecule has 0 radical (unpaired) electrons. The molecule has 3 rings (SSSR count). The molecule has 0 spiro atoms. The number of urea groups is 1. The summed E-state index contributed by atoms with van der Waals surface area (Å²) in [7, 11) is -0.503. The summed E-state index contributed by atoms with van der Waals surface area (Å²) in [5.74, 6) is 0.591. The third kappa shape index (κ3) is 7.99. The van der Waals surface area contributed by atoms with Crippen LogP contribution in [0.4, 0.5) is 4.79 Å². The van der Waals surface area contributed by atoms with Gasteiger partial charge in [-0.05, 0) is 48.6 Å². The van der Waals surface area contributed by atoms with Gasteiger partial charge in [-0.25, -0.2) is 9.59 Å². The lowest BCUT2D eigenvalue weighted by molar-refractivity contribution is -0.151. The maximum Gasteiger partial charge on any atom is 0.349 e. The smallest absolute Gasteiger partial charge is 0.349 e. The SMILES string of the molecule is CCOP(=O)(CN(CC(C)C)C(=O)N1Cc2cc(OC)c(OC)cc2CC1C(=O)OCc1ccccc1)OCC. The van der Waals surface area contributed by atoms with Gasteiger partial charge in [-0.1, -0.05) is 44.2 Å². The number of rotatable bonds is 13. The summed E-state index contributed by atoms with van der Waals surface area (Å²) in [6.45, 7) is 8.22. The lowest BCUT2D eigenvalue weighted by atomic mass is 9.93. The first kappa shape index (κ1) is 31.5. The van der Waals surface area contributed by atoms with Gasteiger partial charge in [-0.3, -0.25) is 4.57 Å². The highest BCUT2D eigenvalue weighted by molar-refractivity contribution is 7.53. The van der Waals surface area contributed by atoms with E-state index < -0.39 is 25.6 Å². The molecule has 11 heteroatoms. The Morgan fingerprint density at radius 3 is 2.15 bits per heavy atom. The van der Waals surface area contributed by atoms with E-state index in [-0.39, 0.29) is 45.0 Å². The van der Waals surface area contributed by atoms with Crippen molar-refractivity contribution in [2.24, 2.45) is 5.92 Å². The predicted molar refractivity (Wildman–Crippen MR) is 151 cm³/mol. The summed E-state index contributed by atoms with van der Waals surface area (Å²) in [6, 6.07) is 11.7. The molecule has 40 heavy (non-hydrogen) atoms. The van der Waals surface area contributed by atoms with Crippen LogP contribution in [0.3, 0.4) is 0 Å². The van der Waals surface area contributed by atoms with Crippen LogP contribution in [-0.4, -0.2) is 68.1 Å². The number of amides is 2. The van der Waals surface area contributed by atoms with E-state index in [0.29, 0.717) is 18.0 Å². The molecular weight excluding hydrogens is 535 g/mol. The van der Waals surface area contributed by atoms with Crippen LogP contribution in [0.5, 0.6) is 11.5 Å². The molecule has 2 amide bonds. The van der Waals surface area contributed by atoms with E-state index in [4.69, 9.17) is 23.3 Å². The number of carbonyl (C=O) groups excluding carboxylic acids is 2. The first-order chi connectivity index (χ1) is 19.1. The maximum atomic E-state index is 14.2. The summed E-state index contributed by atoms with van der Waals surface area (Å²) in [6.07, 6.45) is -0.00802. The van der Waals surface area contributed by atoms with Crippen molar-refractivity contribution >= 4 is 19.6 Å². The zero-order valence-corrected chi connectivity index (χ0v) is 25.1. The monoisotopic (exact) mass is 576 g/mol. The Kier molecular flexibility index (Phi) is 11.4. The topological polar surface area (TPSA) is 104 Å². The molecular formula is C29H41N2O8P. The number of esters is 1. The second-order valence-corrected chi connectivity index (χ2v) is 11.9. The molecule has 0 bridgehead atoms. The fraction of sp³-hybridized carbons (Fsp3) is 0.517. The van der Waals surface area contributed by atoms with Crippen molar-refractivity contribution in [1.82, 2.24) is 9.80 Å². The van der Waals surface area contributed by atoms with Crippen LogP contribution in [0.2, 0.25) is 0 Å². The summed E-state index contributed by atoms with van der Waals surface area (Å²) in [4.78, 5) is 30.6. The molecule has 1 aliphatic rings. The average molecular weight is 577 g/mol. The van der Waals surface area contributed by atoms with Gasteiger partial charge in [0.15, 0.2) is 11.5 Å². The van der Waals surface area contributed by atoms with Gasteiger partial charge in [0.05, 0.1) is 27.4 Å². The van der Waals surface area contributed by atoms with Gasteiger partial charge in [-0.2, -0.15) is 0 Å². The fourth-order valence-electron chi connectivity index (χ4n) is 4.69. The van der Waals surface area contributed by atoms with Crippen molar-refractivity contribution in [3.8, 4) is 11.5 Å². The van der Waals surface area contributed by atoms with Crippen molar-refractivity contribution < 1.29 is 37.4 Å². The number of carbonyl (C=O) groups is 2. The van der Waals surface area contributed by atoms with Gasteiger partial charge in [-0.15, -0.1) is 0 Å². The maximum absolute atomic E-state index is 14.2. The molecule has 0 aliphatic carbocycles. The molecule has 0 N–H and O–H groups in total. The minimum absolute atomic E-state index is 0.0607. The molecule has 1 unspecified atom stereocenters. The quantitative estimate of drug-likeness (QED) is 0.228. The molecule has 0 aromatic heterocycles. The fourth-order valence-corrected chi connectivity index (χ4v) is 6.37.